The van der Waals surface area contributed by atoms with Crippen LogP contribution in [0.4, 0.5) is 5.69 Å². The van der Waals surface area contributed by atoms with Crippen LogP contribution in [-0.4, -0.2) is 32.9 Å². The van der Waals surface area contributed by atoms with Crippen LogP contribution in [0.5, 0.6) is 11.5 Å². The molecule has 0 unspecified atom stereocenters. The Morgan fingerprint density at radius 1 is 1.12 bits per heavy atom. The number of hydrogen-bond donors (Lipinski definition) is 1. The van der Waals surface area contributed by atoms with Gasteiger partial charge in [0.25, 0.3) is 5.91 Å². The SMILES string of the molecule is COc1ccc(OC)c(/C=N\OCC(=O)Nc2cc(Cl)cc(Cl)c2)c1. The molecule has 0 saturated carbocycles. The number of nitrogens with one attached hydrogen (secondary N) is 1. The lowest BCUT2D eigenvalue weighted by atomic mass is 10.2. The lowest BCUT2D eigenvalue weighted by Gasteiger charge is -2.07. The second-order valence-electron chi connectivity index (χ2n) is 4.82. The van der Waals surface area contributed by atoms with Crippen molar-refractivity contribution in [3.63, 3.8) is 0 Å². The average Bonchev–Trinajstić information content (AvgIpc) is 2.57. The highest BCUT2D eigenvalue weighted by molar-refractivity contribution is 6.35. The van der Waals surface area contributed by atoms with Crippen molar-refractivity contribution in [3.8, 4) is 11.5 Å². The molecule has 0 heterocycles. The van der Waals surface area contributed by atoms with E-state index in [1.165, 1.54) is 6.21 Å². The summed E-state index contributed by atoms with van der Waals surface area (Å²) in [6.45, 7) is -0.271. The molecule has 0 atom stereocenters. The number of hydrogen-bond acceptors (Lipinski definition) is 5. The number of nitrogens with zero attached hydrogens (tertiary/aromatic N) is 1. The molecule has 2 rings (SSSR count). The van der Waals surface area contributed by atoms with Gasteiger partial charge in [-0.25, -0.2) is 0 Å². The summed E-state index contributed by atoms with van der Waals surface area (Å²) in [6.07, 6.45) is 1.44. The zero-order chi connectivity index (χ0) is 18.2. The van der Waals surface area contributed by atoms with Gasteiger partial charge in [0.15, 0.2) is 6.61 Å². The summed E-state index contributed by atoms with van der Waals surface area (Å²) in [5.74, 6) is 0.858. The quantitative estimate of drug-likeness (QED) is 0.580. The van der Waals surface area contributed by atoms with Crippen LogP contribution in [0.3, 0.4) is 0 Å². The van der Waals surface area contributed by atoms with Gasteiger partial charge in [0.05, 0.1) is 20.4 Å². The van der Waals surface area contributed by atoms with Gasteiger partial charge in [-0.2, -0.15) is 0 Å². The van der Waals surface area contributed by atoms with E-state index in [1.54, 1.807) is 50.6 Å². The van der Waals surface area contributed by atoms with Gasteiger partial charge in [0, 0.05) is 21.3 Å². The van der Waals surface area contributed by atoms with E-state index in [2.05, 4.69) is 10.5 Å². The molecule has 8 heteroatoms. The van der Waals surface area contributed by atoms with E-state index in [9.17, 15) is 4.79 Å². The second kappa shape index (κ2) is 9.15. The van der Waals surface area contributed by atoms with Gasteiger partial charge in [-0.1, -0.05) is 28.4 Å². The predicted molar refractivity (Wildman–Crippen MR) is 98.2 cm³/mol. The van der Waals surface area contributed by atoms with Crippen LogP contribution in [-0.2, 0) is 9.63 Å². The molecule has 0 saturated heterocycles. The molecule has 0 aliphatic rings. The lowest BCUT2D eigenvalue weighted by Crippen LogP contribution is -2.17. The number of carbonyl (C=O) groups excluding carboxylic acids is 1. The second-order valence-corrected chi connectivity index (χ2v) is 5.69. The molecule has 25 heavy (non-hydrogen) atoms. The molecule has 0 spiro atoms. The third kappa shape index (κ3) is 5.85. The number of methoxy groups -OCH3 is 2. The van der Waals surface area contributed by atoms with E-state index in [1.807, 2.05) is 0 Å². The van der Waals surface area contributed by atoms with Crippen molar-refractivity contribution in [3.05, 3.63) is 52.0 Å². The smallest absolute Gasteiger partial charge is 0.265 e. The minimum absolute atomic E-state index is 0.271. The number of ether oxygens (including phenoxy) is 2. The van der Waals surface area contributed by atoms with Crippen LogP contribution < -0.4 is 14.8 Å². The summed E-state index contributed by atoms with van der Waals surface area (Å²) < 4.78 is 10.4. The molecule has 2 aromatic rings. The van der Waals surface area contributed by atoms with Gasteiger partial charge in [-0.05, 0) is 36.4 Å². The highest BCUT2D eigenvalue weighted by Crippen LogP contribution is 2.23. The molecule has 2 aromatic carbocycles. The Kier molecular flexibility index (Phi) is 6.91. The molecule has 1 N–H and O–H groups in total. The van der Waals surface area contributed by atoms with Crippen molar-refractivity contribution in [2.45, 2.75) is 0 Å². The van der Waals surface area contributed by atoms with Crippen LogP contribution in [0.15, 0.2) is 41.6 Å². The number of carbonyl (C=O) groups is 1. The maximum atomic E-state index is 11.8. The number of oxime groups is 1. The minimum Gasteiger partial charge on any atom is -0.497 e. The molecule has 6 nitrogen and oxygen atoms in total. The molecular weight excluding hydrogens is 367 g/mol. The zero-order valence-electron chi connectivity index (χ0n) is 13.6. The zero-order valence-corrected chi connectivity index (χ0v) is 15.1. The summed E-state index contributed by atoms with van der Waals surface area (Å²) in [5.41, 5.74) is 1.13. The predicted octanol–water partition coefficient (Wildman–Crippen LogP) is 4.00. The first-order chi connectivity index (χ1) is 12.0. The third-order valence-corrected chi connectivity index (χ3v) is 3.48. The van der Waals surface area contributed by atoms with Gasteiger partial charge in [0.1, 0.15) is 11.5 Å². The number of amides is 1. The van der Waals surface area contributed by atoms with Crippen LogP contribution in [0.25, 0.3) is 0 Å². The molecule has 0 aliphatic carbocycles. The van der Waals surface area contributed by atoms with Crippen molar-refractivity contribution in [1.82, 2.24) is 0 Å². The summed E-state index contributed by atoms with van der Waals surface area (Å²) in [5, 5.41) is 7.23. The minimum atomic E-state index is -0.395. The van der Waals surface area contributed by atoms with Gasteiger partial charge in [-0.3, -0.25) is 4.79 Å². The number of benzene rings is 2. The fraction of sp³-hybridized carbons (Fsp3) is 0.176. The maximum absolute atomic E-state index is 11.8. The highest BCUT2D eigenvalue weighted by Gasteiger charge is 2.06. The number of rotatable bonds is 7. The number of anilines is 1. The maximum Gasteiger partial charge on any atom is 0.265 e. The van der Waals surface area contributed by atoms with Crippen LogP contribution >= 0.6 is 23.2 Å². The average molecular weight is 383 g/mol. The Balaban J connectivity index is 1.91. The van der Waals surface area contributed by atoms with Crippen molar-refractivity contribution in [1.29, 1.82) is 0 Å². The molecule has 0 aliphatic heterocycles. The van der Waals surface area contributed by atoms with Crippen molar-refractivity contribution in [2.75, 3.05) is 26.1 Å². The first-order valence-corrected chi connectivity index (χ1v) is 7.90. The Labute approximate surface area is 155 Å². The highest BCUT2D eigenvalue weighted by atomic mass is 35.5. The van der Waals surface area contributed by atoms with E-state index in [4.69, 9.17) is 37.5 Å². The van der Waals surface area contributed by atoms with Crippen LogP contribution in [0.2, 0.25) is 10.0 Å². The lowest BCUT2D eigenvalue weighted by molar-refractivity contribution is -0.120. The normalized spacial score (nSPS) is 10.6. The molecule has 0 bridgehead atoms. The Morgan fingerprint density at radius 2 is 1.84 bits per heavy atom. The summed E-state index contributed by atoms with van der Waals surface area (Å²) >= 11 is 11.7. The van der Waals surface area contributed by atoms with Crippen LogP contribution in [0.1, 0.15) is 5.56 Å². The molecule has 0 aromatic heterocycles. The third-order valence-electron chi connectivity index (χ3n) is 3.05. The molecule has 132 valence electrons. The summed E-state index contributed by atoms with van der Waals surface area (Å²) in [7, 11) is 3.11. The Bertz CT molecular complexity index is 761. The molecule has 0 fully saturated rings. The summed E-state index contributed by atoms with van der Waals surface area (Å²) in [6, 6.07) is 9.97. The Morgan fingerprint density at radius 3 is 2.48 bits per heavy atom. The first-order valence-electron chi connectivity index (χ1n) is 7.15. The Hall–Kier alpha value is -2.44. The monoisotopic (exact) mass is 382 g/mol. The fourth-order valence-electron chi connectivity index (χ4n) is 1.95. The molecule has 1 amide bonds. The van der Waals surface area contributed by atoms with Crippen molar-refractivity contribution in [2.24, 2.45) is 5.16 Å². The van der Waals surface area contributed by atoms with Crippen molar-refractivity contribution < 1.29 is 19.1 Å². The summed E-state index contributed by atoms with van der Waals surface area (Å²) in [4.78, 5) is 16.8. The van der Waals surface area contributed by atoms with Gasteiger partial charge in [-0.15, -0.1) is 0 Å². The van der Waals surface area contributed by atoms with E-state index >= 15 is 0 Å². The fourth-order valence-corrected chi connectivity index (χ4v) is 2.48. The topological polar surface area (TPSA) is 69.1 Å². The van der Waals surface area contributed by atoms with E-state index in [0.29, 0.717) is 32.8 Å². The molecule has 0 radical (unpaired) electrons. The molecular formula is C17H16Cl2N2O4. The van der Waals surface area contributed by atoms with Gasteiger partial charge < -0.3 is 19.6 Å². The van der Waals surface area contributed by atoms with E-state index in [0.717, 1.165) is 0 Å². The standard InChI is InChI=1S/C17H16Cl2N2O4/c1-23-15-3-4-16(24-2)11(5-15)9-20-25-10-17(22)21-14-7-12(18)6-13(19)8-14/h3-9H,10H2,1-2H3,(H,21,22)/b20-9-. The number of halogens is 2. The van der Waals surface area contributed by atoms with Crippen molar-refractivity contribution >= 4 is 41.0 Å². The van der Waals surface area contributed by atoms with E-state index < -0.39 is 5.91 Å². The van der Waals surface area contributed by atoms with E-state index in [-0.39, 0.29) is 6.61 Å². The first kappa shape index (κ1) is 18.9. The van der Waals surface area contributed by atoms with Gasteiger partial charge in [0.2, 0.25) is 0 Å². The van der Waals surface area contributed by atoms with Crippen LogP contribution in [0, 0.1) is 0 Å². The largest absolute Gasteiger partial charge is 0.497 e. The van der Waals surface area contributed by atoms with Gasteiger partial charge >= 0.3 is 0 Å².